The predicted molar refractivity (Wildman–Crippen MR) is 68.7 cm³/mol. The third-order valence-corrected chi connectivity index (χ3v) is 2.62. The summed E-state index contributed by atoms with van der Waals surface area (Å²) in [5.41, 5.74) is -0.461. The maximum Gasteiger partial charge on any atom is 0.412 e. The Hall–Kier alpha value is -1.61. The molecule has 0 fully saturated rings. The van der Waals surface area contributed by atoms with E-state index in [1.54, 1.807) is 20.8 Å². The number of benzene rings is 1. The van der Waals surface area contributed by atoms with E-state index in [1.807, 2.05) is 6.07 Å². The summed E-state index contributed by atoms with van der Waals surface area (Å²) in [6.07, 6.45) is -0.745. The van der Waals surface area contributed by atoms with Crippen molar-refractivity contribution in [3.63, 3.8) is 0 Å². The number of carbonyl (C=O) groups excluding carboxylic acids is 1. The van der Waals surface area contributed by atoms with Crippen molar-refractivity contribution in [2.45, 2.75) is 26.4 Å². The van der Waals surface area contributed by atoms with Crippen LogP contribution in [0.1, 0.15) is 26.3 Å². The Kier molecular flexibility index (Phi) is 4.30. The molecule has 0 bridgehead atoms. The number of hydrogen-bond acceptors (Lipinski definition) is 3. The first-order valence-electron chi connectivity index (χ1n) is 5.12. The summed E-state index contributed by atoms with van der Waals surface area (Å²) in [7, 11) is 0. The lowest BCUT2D eigenvalue weighted by molar-refractivity contribution is 0.0636. The molecule has 0 aliphatic rings. The molecule has 0 aliphatic heterocycles. The number of nitrogens with zero attached hydrogens (tertiary/aromatic N) is 1. The summed E-state index contributed by atoms with van der Waals surface area (Å²) in [5, 5.41) is 11.3. The van der Waals surface area contributed by atoms with Crippen LogP contribution >= 0.6 is 15.9 Å². The van der Waals surface area contributed by atoms with E-state index in [-0.39, 0.29) is 15.7 Å². The fraction of sp³-hybridized carbons (Fsp3) is 0.333. The Morgan fingerprint density at radius 1 is 1.50 bits per heavy atom. The average Bonchev–Trinajstić information content (AvgIpc) is 2.22. The van der Waals surface area contributed by atoms with Gasteiger partial charge in [-0.2, -0.15) is 5.26 Å². The number of anilines is 1. The lowest BCUT2D eigenvalue weighted by atomic mass is 10.2. The van der Waals surface area contributed by atoms with Crippen molar-refractivity contribution in [2.24, 2.45) is 0 Å². The molecule has 0 unspecified atom stereocenters. The van der Waals surface area contributed by atoms with Gasteiger partial charge in [-0.25, -0.2) is 9.18 Å². The maximum absolute atomic E-state index is 13.3. The van der Waals surface area contributed by atoms with Crippen molar-refractivity contribution in [3.05, 3.63) is 28.0 Å². The Balaban J connectivity index is 3.01. The smallest absolute Gasteiger partial charge is 0.412 e. The van der Waals surface area contributed by atoms with Crippen LogP contribution in [0.5, 0.6) is 0 Å². The molecule has 1 N–H and O–H groups in total. The zero-order valence-electron chi connectivity index (χ0n) is 10.2. The molecule has 0 saturated carbocycles. The number of nitrogens with one attached hydrogen (secondary N) is 1. The van der Waals surface area contributed by atoms with Crippen LogP contribution < -0.4 is 5.32 Å². The second kappa shape index (κ2) is 5.36. The zero-order valence-corrected chi connectivity index (χ0v) is 11.8. The number of halogens is 2. The molecule has 6 heteroatoms. The van der Waals surface area contributed by atoms with Crippen LogP contribution in [0.3, 0.4) is 0 Å². The molecular weight excluding hydrogens is 303 g/mol. The number of nitriles is 1. The molecule has 1 rings (SSSR count). The zero-order chi connectivity index (χ0) is 13.9. The number of hydrogen-bond donors (Lipinski definition) is 1. The first-order valence-corrected chi connectivity index (χ1v) is 5.92. The van der Waals surface area contributed by atoms with Crippen molar-refractivity contribution in [1.29, 1.82) is 5.26 Å². The van der Waals surface area contributed by atoms with Gasteiger partial charge in [0.15, 0.2) is 0 Å². The normalized spacial score (nSPS) is 10.7. The van der Waals surface area contributed by atoms with Gasteiger partial charge in [-0.15, -0.1) is 0 Å². The van der Waals surface area contributed by atoms with Crippen LogP contribution in [0.2, 0.25) is 0 Å². The van der Waals surface area contributed by atoms with E-state index in [1.165, 1.54) is 6.07 Å². The summed E-state index contributed by atoms with van der Waals surface area (Å²) in [4.78, 5) is 11.6. The fourth-order valence-electron chi connectivity index (χ4n) is 1.17. The number of ether oxygens (including phenoxy) is 1. The fourth-order valence-corrected chi connectivity index (χ4v) is 1.62. The van der Waals surface area contributed by atoms with Gasteiger partial charge in [-0.3, -0.25) is 5.32 Å². The van der Waals surface area contributed by atoms with Crippen LogP contribution in [0.25, 0.3) is 0 Å². The molecule has 0 aliphatic carbocycles. The summed E-state index contributed by atoms with van der Waals surface area (Å²) >= 11 is 2.98. The summed E-state index contributed by atoms with van der Waals surface area (Å²) in [6.45, 7) is 5.12. The lowest BCUT2D eigenvalue weighted by Crippen LogP contribution is -2.27. The summed E-state index contributed by atoms with van der Waals surface area (Å²) in [6, 6.07) is 4.29. The molecular formula is C12H12BrFN2O2. The first kappa shape index (κ1) is 14.5. The van der Waals surface area contributed by atoms with Crippen molar-refractivity contribution in [3.8, 4) is 6.07 Å². The first-order chi connectivity index (χ1) is 8.24. The third-order valence-electron chi connectivity index (χ3n) is 1.84. The Labute approximate surface area is 113 Å². The van der Waals surface area contributed by atoms with Gasteiger partial charge in [0.1, 0.15) is 17.5 Å². The third kappa shape index (κ3) is 3.70. The largest absolute Gasteiger partial charge is 0.444 e. The molecule has 1 amide bonds. The SMILES string of the molecule is CC(C)(C)OC(=O)Nc1c(C#N)ccc(F)c1Br. The minimum Gasteiger partial charge on any atom is -0.444 e. The van der Waals surface area contributed by atoms with Gasteiger partial charge < -0.3 is 4.74 Å². The van der Waals surface area contributed by atoms with Gasteiger partial charge in [-0.1, -0.05) is 0 Å². The van der Waals surface area contributed by atoms with E-state index in [0.29, 0.717) is 0 Å². The van der Waals surface area contributed by atoms with Gasteiger partial charge in [0, 0.05) is 0 Å². The van der Waals surface area contributed by atoms with Crippen LogP contribution in [0.4, 0.5) is 14.9 Å². The number of rotatable bonds is 1. The molecule has 4 nitrogen and oxygen atoms in total. The lowest BCUT2D eigenvalue weighted by Gasteiger charge is -2.20. The highest BCUT2D eigenvalue weighted by Gasteiger charge is 2.19. The van der Waals surface area contributed by atoms with E-state index in [4.69, 9.17) is 10.00 Å². The molecule has 0 saturated heterocycles. The summed E-state index contributed by atoms with van der Waals surface area (Å²) in [5.74, 6) is -0.569. The summed E-state index contributed by atoms with van der Waals surface area (Å²) < 4.78 is 18.4. The molecule has 0 spiro atoms. The van der Waals surface area contributed by atoms with Crippen LogP contribution in [-0.2, 0) is 4.74 Å². The second-order valence-corrected chi connectivity index (χ2v) is 5.32. The van der Waals surface area contributed by atoms with Gasteiger partial charge in [0.2, 0.25) is 0 Å². The Morgan fingerprint density at radius 3 is 2.61 bits per heavy atom. The van der Waals surface area contributed by atoms with Crippen molar-refractivity contribution in [2.75, 3.05) is 5.32 Å². The van der Waals surface area contributed by atoms with Crippen LogP contribution in [-0.4, -0.2) is 11.7 Å². The van der Waals surface area contributed by atoms with E-state index >= 15 is 0 Å². The van der Waals surface area contributed by atoms with Crippen LogP contribution in [0.15, 0.2) is 16.6 Å². The molecule has 1 aromatic carbocycles. The van der Waals surface area contributed by atoms with E-state index < -0.39 is 17.5 Å². The second-order valence-electron chi connectivity index (χ2n) is 4.52. The Morgan fingerprint density at radius 2 is 2.11 bits per heavy atom. The predicted octanol–water partition coefficient (Wildman–Crippen LogP) is 3.81. The molecule has 0 heterocycles. The minimum atomic E-state index is -0.745. The topological polar surface area (TPSA) is 62.1 Å². The van der Waals surface area contributed by atoms with Crippen molar-refractivity contribution in [1.82, 2.24) is 0 Å². The molecule has 1 aromatic rings. The Bertz CT molecular complexity index is 518. The highest BCUT2D eigenvalue weighted by molar-refractivity contribution is 9.10. The highest BCUT2D eigenvalue weighted by Crippen LogP contribution is 2.29. The monoisotopic (exact) mass is 314 g/mol. The molecule has 0 aromatic heterocycles. The van der Waals surface area contributed by atoms with Crippen molar-refractivity contribution >= 4 is 27.7 Å². The highest BCUT2D eigenvalue weighted by atomic mass is 79.9. The number of carbonyl (C=O) groups is 1. The van der Waals surface area contributed by atoms with Gasteiger partial charge in [0.05, 0.1) is 15.7 Å². The average molecular weight is 315 g/mol. The molecule has 0 radical (unpaired) electrons. The van der Waals surface area contributed by atoms with Gasteiger partial charge >= 0.3 is 6.09 Å². The van der Waals surface area contributed by atoms with E-state index in [0.717, 1.165) is 6.07 Å². The van der Waals surface area contributed by atoms with E-state index in [9.17, 15) is 9.18 Å². The number of amides is 1. The van der Waals surface area contributed by atoms with Gasteiger partial charge in [0.25, 0.3) is 0 Å². The van der Waals surface area contributed by atoms with Crippen molar-refractivity contribution < 1.29 is 13.9 Å². The minimum absolute atomic E-state index is 0.0207. The standard InChI is InChI=1S/C12H12BrFN2O2/c1-12(2,3)18-11(17)16-10-7(6-15)4-5-8(14)9(10)13/h4-5H,1-3H3,(H,16,17). The molecule has 0 atom stereocenters. The van der Waals surface area contributed by atoms with Gasteiger partial charge in [-0.05, 0) is 48.8 Å². The van der Waals surface area contributed by atoms with Crippen LogP contribution in [0, 0.1) is 17.1 Å². The maximum atomic E-state index is 13.3. The van der Waals surface area contributed by atoms with E-state index in [2.05, 4.69) is 21.2 Å². The quantitative estimate of drug-likeness (QED) is 0.857. The molecule has 18 heavy (non-hydrogen) atoms. The molecule has 96 valence electrons.